The van der Waals surface area contributed by atoms with E-state index in [0.717, 1.165) is 11.1 Å². The molecule has 8 nitrogen and oxygen atoms in total. The topological polar surface area (TPSA) is 85.2 Å². The van der Waals surface area contributed by atoms with E-state index in [4.69, 9.17) is 4.74 Å². The molecule has 0 fully saturated rings. The molecule has 0 saturated heterocycles. The normalized spacial score (nSPS) is 11.2. The predicted molar refractivity (Wildman–Crippen MR) is 98.1 cm³/mol. The molecule has 0 bridgehead atoms. The van der Waals surface area contributed by atoms with Crippen LogP contribution in [0.3, 0.4) is 0 Å². The Kier molecular flexibility index (Phi) is 5.22. The van der Waals surface area contributed by atoms with Gasteiger partial charge in [0.05, 0.1) is 30.4 Å². The monoisotopic (exact) mass is 357 g/mol. The van der Waals surface area contributed by atoms with Gasteiger partial charge in [0.1, 0.15) is 0 Å². The lowest BCUT2D eigenvalue weighted by molar-refractivity contribution is 0.0785. The van der Waals surface area contributed by atoms with Crippen LogP contribution in [0.5, 0.6) is 0 Å². The minimum atomic E-state index is -0.201. The lowest BCUT2D eigenvalue weighted by Gasteiger charge is -2.16. The molecule has 1 aromatic carbocycles. The van der Waals surface area contributed by atoms with Crippen molar-refractivity contribution in [3.05, 3.63) is 52.2 Å². The SMILES string of the molecule is CCOCCn1c(=O)[nH]c2cc(C(=O)N(C)Cc3cnn(C)c3)ccc21. The van der Waals surface area contributed by atoms with Gasteiger partial charge in [0.15, 0.2) is 0 Å². The summed E-state index contributed by atoms with van der Waals surface area (Å²) in [6, 6.07) is 5.26. The van der Waals surface area contributed by atoms with Crippen LogP contribution in [0.25, 0.3) is 11.0 Å². The van der Waals surface area contributed by atoms with Crippen molar-refractivity contribution in [2.45, 2.75) is 20.0 Å². The van der Waals surface area contributed by atoms with E-state index in [0.29, 0.717) is 37.4 Å². The van der Waals surface area contributed by atoms with Crippen LogP contribution in [-0.2, 0) is 24.9 Å². The van der Waals surface area contributed by atoms with Crippen LogP contribution >= 0.6 is 0 Å². The van der Waals surface area contributed by atoms with Gasteiger partial charge in [0.2, 0.25) is 0 Å². The van der Waals surface area contributed by atoms with Gasteiger partial charge < -0.3 is 14.6 Å². The Bertz CT molecular complexity index is 969. The zero-order valence-electron chi connectivity index (χ0n) is 15.2. The molecule has 26 heavy (non-hydrogen) atoms. The molecule has 0 spiro atoms. The van der Waals surface area contributed by atoms with Gasteiger partial charge in [-0.25, -0.2) is 4.79 Å². The Morgan fingerprint density at radius 1 is 1.38 bits per heavy atom. The molecule has 0 aliphatic carbocycles. The molecule has 138 valence electrons. The highest BCUT2D eigenvalue weighted by atomic mass is 16.5. The number of benzene rings is 1. The Labute approximate surface area is 151 Å². The lowest BCUT2D eigenvalue weighted by Crippen LogP contribution is -2.26. The largest absolute Gasteiger partial charge is 0.380 e. The smallest absolute Gasteiger partial charge is 0.326 e. The molecule has 0 unspecified atom stereocenters. The highest BCUT2D eigenvalue weighted by Crippen LogP contribution is 2.15. The van der Waals surface area contributed by atoms with Gasteiger partial charge in [-0.3, -0.25) is 14.0 Å². The van der Waals surface area contributed by atoms with Crippen molar-refractivity contribution in [1.29, 1.82) is 0 Å². The van der Waals surface area contributed by atoms with Gasteiger partial charge in [-0.2, -0.15) is 5.10 Å². The van der Waals surface area contributed by atoms with Crippen LogP contribution in [0.4, 0.5) is 0 Å². The van der Waals surface area contributed by atoms with E-state index < -0.39 is 0 Å². The number of nitrogens with zero attached hydrogens (tertiary/aromatic N) is 4. The molecule has 0 aliphatic heterocycles. The van der Waals surface area contributed by atoms with E-state index >= 15 is 0 Å². The first-order valence-corrected chi connectivity index (χ1v) is 8.53. The quantitative estimate of drug-likeness (QED) is 0.647. The Morgan fingerprint density at radius 3 is 2.88 bits per heavy atom. The van der Waals surface area contributed by atoms with Crippen LogP contribution in [0.2, 0.25) is 0 Å². The summed E-state index contributed by atoms with van der Waals surface area (Å²) in [5, 5.41) is 4.11. The first-order valence-electron chi connectivity index (χ1n) is 8.53. The van der Waals surface area contributed by atoms with E-state index in [9.17, 15) is 9.59 Å². The summed E-state index contributed by atoms with van der Waals surface area (Å²) in [5.41, 5.74) is 2.70. The number of carbonyl (C=O) groups is 1. The number of fused-ring (bicyclic) bond motifs is 1. The van der Waals surface area contributed by atoms with Crippen LogP contribution < -0.4 is 5.69 Å². The van der Waals surface area contributed by atoms with Crippen molar-refractivity contribution in [1.82, 2.24) is 24.2 Å². The number of imidazole rings is 1. The first-order chi connectivity index (χ1) is 12.5. The molecule has 0 saturated carbocycles. The van der Waals surface area contributed by atoms with Crippen LogP contribution in [-0.4, -0.2) is 50.4 Å². The van der Waals surface area contributed by atoms with Crippen molar-refractivity contribution < 1.29 is 9.53 Å². The first kappa shape index (κ1) is 17.9. The molecule has 3 rings (SSSR count). The number of nitrogens with one attached hydrogen (secondary N) is 1. The number of hydrogen-bond acceptors (Lipinski definition) is 4. The second-order valence-corrected chi connectivity index (χ2v) is 6.19. The maximum atomic E-state index is 12.7. The standard InChI is InChI=1S/C18H23N5O3/c1-4-26-8-7-23-16-6-5-14(9-15(16)20-18(23)25)17(24)21(2)11-13-10-19-22(3)12-13/h5-6,9-10,12H,4,7-8,11H2,1-3H3,(H,20,25). The van der Waals surface area contributed by atoms with Crippen molar-refractivity contribution in [2.75, 3.05) is 20.3 Å². The predicted octanol–water partition coefficient (Wildman–Crippen LogP) is 1.37. The number of H-pyrrole nitrogens is 1. The summed E-state index contributed by atoms with van der Waals surface area (Å²) >= 11 is 0. The van der Waals surface area contributed by atoms with Gasteiger partial charge >= 0.3 is 5.69 Å². The molecule has 2 heterocycles. The molecule has 1 N–H and O–H groups in total. The number of ether oxygens (including phenoxy) is 1. The molecular weight excluding hydrogens is 334 g/mol. The van der Waals surface area contributed by atoms with E-state index in [1.54, 1.807) is 45.6 Å². The number of aromatic amines is 1. The van der Waals surface area contributed by atoms with Crippen LogP contribution in [0.15, 0.2) is 35.4 Å². The summed E-state index contributed by atoms with van der Waals surface area (Å²) in [6.45, 7) is 3.94. The average Bonchev–Trinajstić information content (AvgIpc) is 3.16. The maximum Gasteiger partial charge on any atom is 0.326 e. The number of aryl methyl sites for hydroxylation is 1. The third kappa shape index (κ3) is 3.70. The molecule has 1 amide bonds. The maximum absolute atomic E-state index is 12.7. The average molecular weight is 357 g/mol. The molecule has 8 heteroatoms. The second kappa shape index (κ2) is 7.57. The van der Waals surface area contributed by atoms with Crippen molar-refractivity contribution in [2.24, 2.45) is 7.05 Å². The third-order valence-electron chi connectivity index (χ3n) is 4.21. The van der Waals surface area contributed by atoms with Gasteiger partial charge in [0, 0.05) is 44.6 Å². The van der Waals surface area contributed by atoms with E-state index in [-0.39, 0.29) is 11.6 Å². The number of amides is 1. The summed E-state index contributed by atoms with van der Waals surface area (Å²) < 4.78 is 8.65. The number of aromatic nitrogens is 4. The van der Waals surface area contributed by atoms with Crippen molar-refractivity contribution in [3.63, 3.8) is 0 Å². The molecule has 0 aliphatic rings. The Morgan fingerprint density at radius 2 is 2.19 bits per heavy atom. The minimum absolute atomic E-state index is 0.112. The highest BCUT2D eigenvalue weighted by molar-refractivity contribution is 5.97. The summed E-state index contributed by atoms with van der Waals surface area (Å²) in [7, 11) is 3.58. The number of rotatable bonds is 7. The van der Waals surface area contributed by atoms with Gasteiger partial charge in [0.25, 0.3) is 5.91 Å². The molecule has 2 aromatic heterocycles. The van der Waals surface area contributed by atoms with E-state index in [1.807, 2.05) is 20.2 Å². The fourth-order valence-electron chi connectivity index (χ4n) is 2.94. The Hall–Kier alpha value is -2.87. The number of carbonyl (C=O) groups excluding carboxylic acids is 1. The fraction of sp³-hybridized carbons (Fsp3) is 0.389. The lowest BCUT2D eigenvalue weighted by atomic mass is 10.1. The minimum Gasteiger partial charge on any atom is -0.380 e. The summed E-state index contributed by atoms with van der Waals surface area (Å²) in [5.74, 6) is -0.112. The van der Waals surface area contributed by atoms with Gasteiger partial charge in [-0.05, 0) is 25.1 Å². The van der Waals surface area contributed by atoms with Gasteiger partial charge in [-0.15, -0.1) is 0 Å². The Balaban J connectivity index is 1.79. The molecule has 0 atom stereocenters. The third-order valence-corrected chi connectivity index (χ3v) is 4.21. The fourth-order valence-corrected chi connectivity index (χ4v) is 2.94. The van der Waals surface area contributed by atoms with E-state index in [1.165, 1.54) is 0 Å². The highest BCUT2D eigenvalue weighted by Gasteiger charge is 2.15. The van der Waals surface area contributed by atoms with E-state index in [2.05, 4.69) is 10.1 Å². The zero-order valence-corrected chi connectivity index (χ0v) is 15.2. The summed E-state index contributed by atoms with van der Waals surface area (Å²) in [4.78, 5) is 29.3. The summed E-state index contributed by atoms with van der Waals surface area (Å²) in [6.07, 6.45) is 3.62. The van der Waals surface area contributed by atoms with Gasteiger partial charge in [-0.1, -0.05) is 0 Å². The van der Waals surface area contributed by atoms with Crippen LogP contribution in [0.1, 0.15) is 22.8 Å². The molecular formula is C18H23N5O3. The van der Waals surface area contributed by atoms with Crippen molar-refractivity contribution >= 4 is 16.9 Å². The zero-order chi connectivity index (χ0) is 18.7. The van der Waals surface area contributed by atoms with Crippen molar-refractivity contribution in [3.8, 4) is 0 Å². The molecule has 3 aromatic rings. The second-order valence-electron chi connectivity index (χ2n) is 6.19. The molecule has 0 radical (unpaired) electrons. The number of hydrogen-bond donors (Lipinski definition) is 1. The van der Waals surface area contributed by atoms with Crippen LogP contribution in [0, 0.1) is 0 Å².